The predicted octanol–water partition coefficient (Wildman–Crippen LogP) is 2.83. The van der Waals surface area contributed by atoms with Crippen LogP contribution in [0.3, 0.4) is 0 Å². The number of aliphatic carboxylic acids is 1. The molecule has 1 saturated carbocycles. The van der Waals surface area contributed by atoms with E-state index in [2.05, 4.69) is 0 Å². The van der Waals surface area contributed by atoms with Gasteiger partial charge in [-0.1, -0.05) is 30.3 Å². The lowest BCUT2D eigenvalue weighted by Crippen LogP contribution is -2.37. The van der Waals surface area contributed by atoms with Crippen molar-refractivity contribution >= 4 is 5.97 Å². The third-order valence-corrected chi connectivity index (χ3v) is 3.81. The summed E-state index contributed by atoms with van der Waals surface area (Å²) >= 11 is 0. The zero-order valence-electron chi connectivity index (χ0n) is 9.16. The van der Waals surface area contributed by atoms with Gasteiger partial charge in [0.2, 0.25) is 0 Å². The van der Waals surface area contributed by atoms with Gasteiger partial charge in [-0.15, -0.1) is 0 Å². The fraction of sp³-hybridized carbons (Fsp3) is 0.462. The average molecular weight is 204 g/mol. The first-order chi connectivity index (χ1) is 7.01. The molecule has 1 N–H and O–H groups in total. The Hall–Kier alpha value is -1.31. The van der Waals surface area contributed by atoms with Crippen molar-refractivity contribution in [2.45, 2.75) is 32.1 Å². The van der Waals surface area contributed by atoms with Gasteiger partial charge in [-0.05, 0) is 32.3 Å². The molecular weight excluding hydrogens is 188 g/mol. The third-order valence-electron chi connectivity index (χ3n) is 3.81. The third kappa shape index (κ3) is 1.36. The number of rotatable bonds is 3. The van der Waals surface area contributed by atoms with E-state index in [-0.39, 0.29) is 5.41 Å². The Morgan fingerprint density at radius 3 is 2.20 bits per heavy atom. The van der Waals surface area contributed by atoms with Gasteiger partial charge in [0.15, 0.2) is 0 Å². The molecule has 15 heavy (non-hydrogen) atoms. The molecule has 0 saturated heterocycles. The lowest BCUT2D eigenvalue weighted by atomic mass is 9.72. The molecule has 0 spiro atoms. The van der Waals surface area contributed by atoms with Crippen molar-refractivity contribution < 1.29 is 9.90 Å². The van der Waals surface area contributed by atoms with Crippen LogP contribution in [0.4, 0.5) is 0 Å². The van der Waals surface area contributed by atoms with E-state index >= 15 is 0 Å². The minimum atomic E-state index is -0.705. The lowest BCUT2D eigenvalue weighted by Gasteiger charge is -2.31. The highest BCUT2D eigenvalue weighted by Crippen LogP contribution is 2.59. The van der Waals surface area contributed by atoms with Crippen molar-refractivity contribution in [2.75, 3.05) is 0 Å². The SMILES string of the molecule is CC(C)(C(=O)O)C1(c2ccccc2)CC1. The highest BCUT2D eigenvalue weighted by atomic mass is 16.4. The maximum absolute atomic E-state index is 11.3. The Morgan fingerprint density at radius 1 is 1.27 bits per heavy atom. The molecule has 1 aromatic rings. The molecule has 0 aliphatic heterocycles. The van der Waals surface area contributed by atoms with E-state index < -0.39 is 11.4 Å². The van der Waals surface area contributed by atoms with E-state index in [9.17, 15) is 9.90 Å². The first-order valence-electron chi connectivity index (χ1n) is 5.30. The molecule has 2 rings (SSSR count). The van der Waals surface area contributed by atoms with Crippen molar-refractivity contribution in [3.05, 3.63) is 35.9 Å². The van der Waals surface area contributed by atoms with Crippen molar-refractivity contribution in [3.63, 3.8) is 0 Å². The highest BCUT2D eigenvalue weighted by molar-refractivity contribution is 5.77. The van der Waals surface area contributed by atoms with Gasteiger partial charge in [-0.3, -0.25) is 4.79 Å². The van der Waals surface area contributed by atoms with Crippen LogP contribution < -0.4 is 0 Å². The smallest absolute Gasteiger partial charge is 0.309 e. The average Bonchev–Trinajstić information content (AvgIpc) is 3.00. The molecule has 0 radical (unpaired) electrons. The van der Waals surface area contributed by atoms with Crippen LogP contribution in [0.1, 0.15) is 32.3 Å². The van der Waals surface area contributed by atoms with Crippen molar-refractivity contribution in [1.82, 2.24) is 0 Å². The molecule has 1 fully saturated rings. The molecule has 80 valence electrons. The summed E-state index contributed by atoms with van der Waals surface area (Å²) in [6.45, 7) is 3.66. The van der Waals surface area contributed by atoms with Gasteiger partial charge >= 0.3 is 5.97 Å². The van der Waals surface area contributed by atoms with Crippen LogP contribution in [0.2, 0.25) is 0 Å². The Morgan fingerprint density at radius 2 is 1.80 bits per heavy atom. The molecule has 1 aromatic carbocycles. The van der Waals surface area contributed by atoms with Crippen LogP contribution in [-0.2, 0) is 10.2 Å². The summed E-state index contributed by atoms with van der Waals surface area (Å²) in [6.07, 6.45) is 1.96. The summed E-state index contributed by atoms with van der Waals surface area (Å²) in [6, 6.07) is 10.0. The zero-order valence-corrected chi connectivity index (χ0v) is 9.16. The summed E-state index contributed by atoms with van der Waals surface area (Å²) in [4.78, 5) is 11.3. The molecule has 1 aliphatic rings. The number of benzene rings is 1. The minimum Gasteiger partial charge on any atom is -0.481 e. The molecule has 0 atom stereocenters. The van der Waals surface area contributed by atoms with Crippen LogP contribution in [0.25, 0.3) is 0 Å². The fourth-order valence-corrected chi connectivity index (χ4v) is 2.36. The van der Waals surface area contributed by atoms with Crippen LogP contribution in [0.15, 0.2) is 30.3 Å². The second-order valence-electron chi connectivity index (χ2n) is 4.88. The molecule has 0 unspecified atom stereocenters. The largest absolute Gasteiger partial charge is 0.481 e. The topological polar surface area (TPSA) is 37.3 Å². The van der Waals surface area contributed by atoms with E-state index in [0.717, 1.165) is 18.4 Å². The molecule has 0 bridgehead atoms. The van der Waals surface area contributed by atoms with Crippen molar-refractivity contribution in [1.29, 1.82) is 0 Å². The summed E-state index contributed by atoms with van der Waals surface area (Å²) < 4.78 is 0. The van der Waals surface area contributed by atoms with Gasteiger partial charge in [-0.25, -0.2) is 0 Å². The first-order valence-corrected chi connectivity index (χ1v) is 5.30. The van der Waals surface area contributed by atoms with E-state index in [1.54, 1.807) is 0 Å². The molecule has 0 heterocycles. The zero-order chi connectivity index (χ0) is 11.1. The van der Waals surface area contributed by atoms with Gasteiger partial charge in [0.05, 0.1) is 5.41 Å². The van der Waals surface area contributed by atoms with E-state index in [1.165, 1.54) is 0 Å². The summed E-state index contributed by atoms with van der Waals surface area (Å²) in [5.74, 6) is -0.705. The Balaban J connectivity index is 2.41. The molecule has 2 heteroatoms. The van der Waals surface area contributed by atoms with Crippen LogP contribution in [0.5, 0.6) is 0 Å². The Labute approximate surface area is 89.9 Å². The van der Waals surface area contributed by atoms with Gasteiger partial charge < -0.3 is 5.11 Å². The molecule has 0 amide bonds. The number of carboxylic acid groups (broad SMARTS) is 1. The number of carboxylic acids is 1. The Bertz CT molecular complexity index is 375. The second kappa shape index (κ2) is 3.09. The first kappa shape index (κ1) is 10.2. The summed E-state index contributed by atoms with van der Waals surface area (Å²) in [7, 11) is 0. The summed E-state index contributed by atoms with van der Waals surface area (Å²) in [5.41, 5.74) is 0.353. The van der Waals surface area contributed by atoms with Crippen molar-refractivity contribution in [2.24, 2.45) is 5.41 Å². The van der Waals surface area contributed by atoms with E-state index in [0.29, 0.717) is 0 Å². The van der Waals surface area contributed by atoms with Gasteiger partial charge in [0.1, 0.15) is 0 Å². The second-order valence-corrected chi connectivity index (χ2v) is 4.88. The molecule has 1 aliphatic carbocycles. The quantitative estimate of drug-likeness (QED) is 0.822. The minimum absolute atomic E-state index is 0.139. The van der Waals surface area contributed by atoms with Crippen LogP contribution >= 0.6 is 0 Å². The van der Waals surface area contributed by atoms with Gasteiger partial charge in [0.25, 0.3) is 0 Å². The highest BCUT2D eigenvalue weighted by Gasteiger charge is 2.59. The molecular formula is C13H16O2. The fourth-order valence-electron chi connectivity index (χ4n) is 2.36. The van der Waals surface area contributed by atoms with Gasteiger partial charge in [-0.2, -0.15) is 0 Å². The lowest BCUT2D eigenvalue weighted by molar-refractivity contribution is -0.149. The maximum Gasteiger partial charge on any atom is 0.309 e. The maximum atomic E-state index is 11.3. The van der Waals surface area contributed by atoms with Gasteiger partial charge in [0, 0.05) is 5.41 Å². The van der Waals surface area contributed by atoms with E-state index in [4.69, 9.17) is 0 Å². The monoisotopic (exact) mass is 204 g/mol. The Kier molecular flexibility index (Phi) is 2.10. The normalized spacial score (nSPS) is 18.5. The molecule has 0 aromatic heterocycles. The van der Waals surface area contributed by atoms with Crippen LogP contribution in [0, 0.1) is 5.41 Å². The predicted molar refractivity (Wildman–Crippen MR) is 58.8 cm³/mol. The standard InChI is InChI=1S/C13H16O2/c1-12(2,11(14)15)13(8-9-13)10-6-4-3-5-7-10/h3-7H,8-9H2,1-2H3,(H,14,15). The number of hydrogen-bond donors (Lipinski definition) is 1. The van der Waals surface area contributed by atoms with E-state index in [1.807, 2.05) is 44.2 Å². The van der Waals surface area contributed by atoms with Crippen LogP contribution in [-0.4, -0.2) is 11.1 Å². The number of carbonyl (C=O) groups is 1. The summed E-state index contributed by atoms with van der Waals surface area (Å²) in [5, 5.41) is 9.28. The molecule has 2 nitrogen and oxygen atoms in total. The van der Waals surface area contributed by atoms with Crippen molar-refractivity contribution in [3.8, 4) is 0 Å². The number of hydrogen-bond acceptors (Lipinski definition) is 1.